The summed E-state index contributed by atoms with van der Waals surface area (Å²) in [4.78, 5) is 48.8. The zero-order valence-electron chi connectivity index (χ0n) is 13.2. The van der Waals surface area contributed by atoms with Gasteiger partial charge in [0.05, 0.1) is 23.9 Å². The summed E-state index contributed by atoms with van der Waals surface area (Å²) < 4.78 is 5.15. The van der Waals surface area contributed by atoms with Gasteiger partial charge >= 0.3 is 5.97 Å². The Morgan fingerprint density at radius 2 is 1.92 bits per heavy atom. The van der Waals surface area contributed by atoms with E-state index < -0.39 is 29.7 Å². The number of imide groups is 1. The molecule has 0 spiro atoms. The fraction of sp³-hybridized carbons (Fsp3) is 0.176. The van der Waals surface area contributed by atoms with E-state index in [9.17, 15) is 19.2 Å². The van der Waals surface area contributed by atoms with Crippen molar-refractivity contribution >= 4 is 23.7 Å². The first kappa shape index (κ1) is 16.4. The van der Waals surface area contributed by atoms with Crippen LogP contribution in [0.4, 0.5) is 0 Å². The molecule has 128 valence electrons. The second-order valence-electron chi connectivity index (χ2n) is 5.57. The van der Waals surface area contributed by atoms with Gasteiger partial charge < -0.3 is 14.8 Å². The van der Waals surface area contributed by atoms with Crippen LogP contribution >= 0.6 is 0 Å². The van der Waals surface area contributed by atoms with Crippen molar-refractivity contribution in [1.29, 1.82) is 0 Å². The largest absolute Gasteiger partial charge is 0.480 e. The molecule has 0 unspecified atom stereocenters. The molecule has 8 heteroatoms. The van der Waals surface area contributed by atoms with Crippen LogP contribution in [0.2, 0.25) is 0 Å². The lowest BCUT2D eigenvalue weighted by Crippen LogP contribution is -2.38. The molecule has 0 bridgehead atoms. The number of carboxylic acid groups (broad SMARTS) is 1. The van der Waals surface area contributed by atoms with Crippen molar-refractivity contribution in [3.63, 3.8) is 0 Å². The zero-order valence-corrected chi connectivity index (χ0v) is 13.2. The van der Waals surface area contributed by atoms with Gasteiger partial charge in [0.1, 0.15) is 11.8 Å². The van der Waals surface area contributed by atoms with Gasteiger partial charge in [0.2, 0.25) is 0 Å². The first-order valence-electron chi connectivity index (χ1n) is 7.45. The van der Waals surface area contributed by atoms with E-state index in [0.717, 1.165) is 4.90 Å². The first-order valence-corrected chi connectivity index (χ1v) is 7.45. The highest BCUT2D eigenvalue weighted by atomic mass is 16.4. The van der Waals surface area contributed by atoms with Crippen molar-refractivity contribution in [3.05, 3.63) is 59.0 Å². The van der Waals surface area contributed by atoms with Crippen LogP contribution in [0.5, 0.6) is 0 Å². The topological polar surface area (TPSA) is 117 Å². The lowest BCUT2D eigenvalue weighted by molar-refractivity contribution is -0.138. The Labute approximate surface area is 142 Å². The Bertz CT molecular complexity index is 871. The molecule has 0 saturated carbocycles. The van der Waals surface area contributed by atoms with Gasteiger partial charge in [-0.05, 0) is 37.3 Å². The van der Waals surface area contributed by atoms with Crippen molar-refractivity contribution in [2.24, 2.45) is 0 Å². The third-order valence-electron chi connectivity index (χ3n) is 3.84. The number of hydrogen-bond acceptors (Lipinski definition) is 5. The minimum atomic E-state index is -1.18. The zero-order chi connectivity index (χ0) is 18.1. The standard InChI is InChI=1S/C17H14N2O6/c1-9(17(23)24)18-14(20)10-4-5-12-13(7-10)16(22)19(15(12)21)8-11-3-2-6-25-11/h2-7,9H,8H2,1H3,(H,18,20)(H,23,24)/t9-/m1/s1. The van der Waals surface area contributed by atoms with Crippen LogP contribution in [0.3, 0.4) is 0 Å². The monoisotopic (exact) mass is 342 g/mol. The predicted molar refractivity (Wildman–Crippen MR) is 83.9 cm³/mol. The number of rotatable bonds is 5. The lowest BCUT2D eigenvalue weighted by Gasteiger charge is -2.11. The molecule has 0 saturated heterocycles. The molecule has 3 amide bonds. The highest BCUT2D eigenvalue weighted by molar-refractivity contribution is 6.22. The molecule has 1 aromatic heterocycles. The number of benzene rings is 1. The van der Waals surface area contributed by atoms with Gasteiger partial charge in [-0.2, -0.15) is 0 Å². The summed E-state index contributed by atoms with van der Waals surface area (Å²) in [5.74, 6) is -2.35. The number of aliphatic carboxylic acids is 1. The average molecular weight is 342 g/mol. The van der Waals surface area contributed by atoms with E-state index in [4.69, 9.17) is 9.52 Å². The van der Waals surface area contributed by atoms with E-state index in [0.29, 0.717) is 5.76 Å². The molecule has 1 atom stereocenters. The highest BCUT2D eigenvalue weighted by Gasteiger charge is 2.36. The van der Waals surface area contributed by atoms with E-state index >= 15 is 0 Å². The molecule has 1 aromatic carbocycles. The smallest absolute Gasteiger partial charge is 0.325 e. The van der Waals surface area contributed by atoms with Crippen LogP contribution in [0.1, 0.15) is 43.8 Å². The van der Waals surface area contributed by atoms with Crippen molar-refractivity contribution in [2.45, 2.75) is 19.5 Å². The molecular formula is C17H14N2O6. The van der Waals surface area contributed by atoms with Crippen LogP contribution in [0.15, 0.2) is 41.0 Å². The molecular weight excluding hydrogens is 328 g/mol. The maximum Gasteiger partial charge on any atom is 0.325 e. The minimum Gasteiger partial charge on any atom is -0.480 e. The quantitative estimate of drug-likeness (QED) is 0.791. The SMILES string of the molecule is C[C@@H](NC(=O)c1ccc2c(c1)C(=O)N(Cc1ccco1)C2=O)C(=O)O. The summed E-state index contributed by atoms with van der Waals surface area (Å²) in [6, 6.07) is 6.28. The Morgan fingerprint density at radius 1 is 1.20 bits per heavy atom. The summed E-state index contributed by atoms with van der Waals surface area (Å²) in [5.41, 5.74) is 0.402. The molecule has 1 aliphatic heterocycles. The number of amides is 3. The van der Waals surface area contributed by atoms with Crippen LogP contribution < -0.4 is 5.32 Å². The molecule has 2 N–H and O–H groups in total. The number of carbonyl (C=O) groups excluding carboxylic acids is 3. The van der Waals surface area contributed by atoms with E-state index in [1.807, 2.05) is 0 Å². The van der Waals surface area contributed by atoms with Crippen molar-refractivity contribution < 1.29 is 28.7 Å². The molecule has 1 aliphatic rings. The normalized spacial score (nSPS) is 14.4. The number of nitrogens with one attached hydrogen (secondary N) is 1. The summed E-state index contributed by atoms with van der Waals surface area (Å²) >= 11 is 0. The number of carbonyl (C=O) groups is 4. The fourth-order valence-corrected chi connectivity index (χ4v) is 2.48. The molecule has 0 radical (unpaired) electrons. The third-order valence-corrected chi connectivity index (χ3v) is 3.84. The van der Waals surface area contributed by atoms with Crippen LogP contribution in [0.25, 0.3) is 0 Å². The minimum absolute atomic E-state index is 0.00305. The third kappa shape index (κ3) is 3.01. The Hall–Kier alpha value is -3.42. The second kappa shape index (κ2) is 6.23. The van der Waals surface area contributed by atoms with Gasteiger partial charge in [0, 0.05) is 5.56 Å². The van der Waals surface area contributed by atoms with Gasteiger partial charge in [-0.1, -0.05) is 0 Å². The van der Waals surface area contributed by atoms with E-state index in [1.165, 1.54) is 31.4 Å². The highest BCUT2D eigenvalue weighted by Crippen LogP contribution is 2.25. The molecule has 0 fully saturated rings. The summed E-state index contributed by atoms with van der Waals surface area (Å²) in [5, 5.41) is 11.1. The van der Waals surface area contributed by atoms with Gasteiger partial charge in [0.15, 0.2) is 0 Å². The van der Waals surface area contributed by atoms with E-state index in [2.05, 4.69) is 5.32 Å². The summed E-state index contributed by atoms with van der Waals surface area (Å²) in [6.07, 6.45) is 1.44. The Balaban J connectivity index is 1.84. The first-order chi connectivity index (χ1) is 11.9. The van der Waals surface area contributed by atoms with Crippen LogP contribution in [-0.2, 0) is 11.3 Å². The summed E-state index contributed by atoms with van der Waals surface area (Å²) in [7, 11) is 0. The van der Waals surface area contributed by atoms with Gasteiger partial charge in [0.25, 0.3) is 17.7 Å². The number of furan rings is 1. The number of carboxylic acids is 1. The van der Waals surface area contributed by atoms with Crippen LogP contribution in [-0.4, -0.2) is 39.7 Å². The maximum absolute atomic E-state index is 12.5. The maximum atomic E-state index is 12.5. The predicted octanol–water partition coefficient (Wildman–Crippen LogP) is 1.28. The average Bonchev–Trinajstić information content (AvgIpc) is 3.17. The number of hydrogen-bond donors (Lipinski definition) is 2. The Morgan fingerprint density at radius 3 is 2.56 bits per heavy atom. The molecule has 2 heterocycles. The molecule has 2 aromatic rings. The fourth-order valence-electron chi connectivity index (χ4n) is 2.48. The van der Waals surface area contributed by atoms with E-state index in [1.54, 1.807) is 12.1 Å². The van der Waals surface area contributed by atoms with Gasteiger partial charge in [-0.15, -0.1) is 0 Å². The van der Waals surface area contributed by atoms with Gasteiger partial charge in [-0.3, -0.25) is 24.1 Å². The van der Waals surface area contributed by atoms with Crippen molar-refractivity contribution in [1.82, 2.24) is 10.2 Å². The molecule has 25 heavy (non-hydrogen) atoms. The second-order valence-corrected chi connectivity index (χ2v) is 5.57. The van der Waals surface area contributed by atoms with Gasteiger partial charge in [-0.25, -0.2) is 0 Å². The van der Waals surface area contributed by atoms with Crippen LogP contribution in [0, 0.1) is 0 Å². The van der Waals surface area contributed by atoms with E-state index in [-0.39, 0.29) is 23.2 Å². The molecule has 3 rings (SSSR count). The van der Waals surface area contributed by atoms with Crippen molar-refractivity contribution in [3.8, 4) is 0 Å². The number of nitrogens with zero attached hydrogens (tertiary/aromatic N) is 1. The van der Waals surface area contributed by atoms with Crippen molar-refractivity contribution in [2.75, 3.05) is 0 Å². The molecule has 8 nitrogen and oxygen atoms in total. The number of fused-ring (bicyclic) bond motifs is 1. The Kier molecular flexibility index (Phi) is 4.10. The molecule has 0 aliphatic carbocycles. The lowest BCUT2D eigenvalue weighted by atomic mass is 10.1. The summed E-state index contributed by atoms with van der Waals surface area (Å²) in [6.45, 7) is 1.32.